The van der Waals surface area contributed by atoms with Crippen LogP contribution in [-0.4, -0.2) is 85.5 Å². The second-order valence-corrected chi connectivity index (χ2v) is 13.6. The van der Waals surface area contributed by atoms with E-state index in [0.717, 1.165) is 29.0 Å². The summed E-state index contributed by atoms with van der Waals surface area (Å²) in [5.41, 5.74) is 2.35. The number of carbonyl (C=O) groups is 2. The number of piperazine rings is 1. The molecule has 1 aliphatic heterocycles. The van der Waals surface area contributed by atoms with Gasteiger partial charge in [0.1, 0.15) is 17.8 Å². The van der Waals surface area contributed by atoms with Gasteiger partial charge in [0.05, 0.1) is 4.90 Å². The van der Waals surface area contributed by atoms with Gasteiger partial charge >= 0.3 is 0 Å². The summed E-state index contributed by atoms with van der Waals surface area (Å²) >= 11 is 0. The molecular formula is C34H32N10O4S. The number of rotatable bonds is 11. The number of aromatic amines is 1. The average molecular weight is 677 g/mol. The van der Waals surface area contributed by atoms with Gasteiger partial charge in [-0.15, -0.1) is 21.5 Å². The predicted octanol–water partition coefficient (Wildman–Crippen LogP) is 3.87. The third-order valence-corrected chi connectivity index (χ3v) is 9.90. The molecule has 248 valence electrons. The van der Waals surface area contributed by atoms with Gasteiger partial charge in [-0.05, 0) is 37.1 Å². The van der Waals surface area contributed by atoms with Crippen molar-refractivity contribution in [1.29, 1.82) is 0 Å². The van der Waals surface area contributed by atoms with Crippen LogP contribution >= 0.6 is 0 Å². The molecule has 7 rings (SSSR count). The Balaban J connectivity index is 1.02. The standard InChI is InChI=1S/C34H32N10O4S/c1-2-3-9-29(45)28-21-30(37-31-20-27(39-40-31)23-10-11-23)38-34(36-28)43-18-16-42(17-19-43)33(46)25-12-14-26(15-13-25)49(47,48)44-22-35-32(41-44)24-7-5-4-6-8-24/h1,4-8,12-15,20-23H,3,9-11,16-19H2,(H2,36,37,38,39,40). The number of hydrogen-bond acceptors (Lipinski definition) is 11. The number of benzene rings is 2. The molecule has 0 unspecified atom stereocenters. The maximum atomic E-state index is 13.4. The summed E-state index contributed by atoms with van der Waals surface area (Å²) in [6.45, 7) is 1.57. The molecule has 2 N–H and O–H groups in total. The molecule has 2 aliphatic rings. The molecule has 3 aromatic heterocycles. The first-order chi connectivity index (χ1) is 23.8. The Morgan fingerprint density at radius 2 is 1.71 bits per heavy atom. The molecule has 14 nitrogen and oxygen atoms in total. The maximum absolute atomic E-state index is 13.4. The molecule has 4 heterocycles. The lowest BCUT2D eigenvalue weighted by Gasteiger charge is -2.35. The fourth-order valence-corrected chi connectivity index (χ4v) is 6.54. The molecule has 49 heavy (non-hydrogen) atoms. The minimum Gasteiger partial charge on any atom is -0.337 e. The second kappa shape index (κ2) is 13.3. The highest BCUT2D eigenvalue weighted by Crippen LogP contribution is 2.39. The molecule has 0 atom stereocenters. The Hall–Kier alpha value is -5.88. The van der Waals surface area contributed by atoms with E-state index in [0.29, 0.717) is 67.2 Å². The van der Waals surface area contributed by atoms with E-state index >= 15 is 0 Å². The minimum atomic E-state index is -4.02. The first-order valence-electron chi connectivity index (χ1n) is 15.8. The van der Waals surface area contributed by atoms with Crippen LogP contribution in [0.15, 0.2) is 78.0 Å². The van der Waals surface area contributed by atoms with Crippen molar-refractivity contribution in [2.45, 2.75) is 36.5 Å². The van der Waals surface area contributed by atoms with Crippen molar-refractivity contribution in [2.75, 3.05) is 36.4 Å². The van der Waals surface area contributed by atoms with Gasteiger partial charge in [-0.1, -0.05) is 30.3 Å². The normalized spacial score (nSPS) is 14.8. The Morgan fingerprint density at radius 3 is 2.43 bits per heavy atom. The van der Waals surface area contributed by atoms with Crippen LogP contribution in [-0.2, 0) is 10.0 Å². The molecule has 2 aromatic carbocycles. The number of amides is 1. The number of nitrogens with one attached hydrogen (secondary N) is 2. The highest BCUT2D eigenvalue weighted by Gasteiger charge is 2.27. The third kappa shape index (κ3) is 6.90. The summed E-state index contributed by atoms with van der Waals surface area (Å²) < 4.78 is 27.3. The van der Waals surface area contributed by atoms with Crippen molar-refractivity contribution in [3.8, 4) is 23.7 Å². The van der Waals surface area contributed by atoms with Gasteiger partial charge in [-0.2, -0.15) is 18.5 Å². The fourth-order valence-electron chi connectivity index (χ4n) is 5.49. The van der Waals surface area contributed by atoms with Crippen LogP contribution in [0.3, 0.4) is 0 Å². The first-order valence-corrected chi connectivity index (χ1v) is 17.3. The van der Waals surface area contributed by atoms with E-state index in [2.05, 4.69) is 41.5 Å². The zero-order chi connectivity index (χ0) is 34.0. The predicted molar refractivity (Wildman–Crippen MR) is 181 cm³/mol. The SMILES string of the molecule is C#CCCC(=O)c1cc(Nc2cc(C3CC3)[nH]n2)nc(N2CCN(C(=O)c3ccc(S(=O)(=O)n4cnc(-c5ccccc5)n4)cc3)CC2)n1. The number of carbonyl (C=O) groups excluding carboxylic acids is 2. The summed E-state index contributed by atoms with van der Waals surface area (Å²) in [6, 6.07) is 18.4. The number of terminal acetylenes is 1. The van der Waals surface area contributed by atoms with Crippen LogP contribution in [0.1, 0.15) is 58.1 Å². The van der Waals surface area contributed by atoms with Gasteiger partial charge in [0.2, 0.25) is 5.95 Å². The maximum Gasteiger partial charge on any atom is 0.284 e. The molecule has 1 saturated heterocycles. The molecule has 1 aliphatic carbocycles. The van der Waals surface area contributed by atoms with Crippen molar-refractivity contribution in [3.05, 3.63) is 90.0 Å². The zero-order valence-corrected chi connectivity index (χ0v) is 27.2. The van der Waals surface area contributed by atoms with E-state index in [-0.39, 0.29) is 34.5 Å². The Morgan fingerprint density at radius 1 is 0.959 bits per heavy atom. The molecule has 1 saturated carbocycles. The smallest absolute Gasteiger partial charge is 0.284 e. The topological polar surface area (TPSA) is 172 Å². The molecule has 5 aromatic rings. The summed E-state index contributed by atoms with van der Waals surface area (Å²) in [7, 11) is -4.02. The molecule has 0 radical (unpaired) electrons. The number of hydrogen-bond donors (Lipinski definition) is 2. The van der Waals surface area contributed by atoms with Crippen LogP contribution in [0.2, 0.25) is 0 Å². The van der Waals surface area contributed by atoms with Gasteiger partial charge in [-0.25, -0.2) is 9.97 Å². The lowest BCUT2D eigenvalue weighted by Crippen LogP contribution is -2.49. The van der Waals surface area contributed by atoms with Crippen LogP contribution < -0.4 is 10.2 Å². The van der Waals surface area contributed by atoms with Crippen molar-refractivity contribution in [2.24, 2.45) is 0 Å². The summed E-state index contributed by atoms with van der Waals surface area (Å²) in [5, 5.41) is 14.7. The van der Waals surface area contributed by atoms with Gasteiger partial charge < -0.3 is 15.1 Å². The molecule has 0 bridgehead atoms. The van der Waals surface area contributed by atoms with E-state index in [1.54, 1.807) is 23.1 Å². The lowest BCUT2D eigenvalue weighted by molar-refractivity contribution is 0.0746. The lowest BCUT2D eigenvalue weighted by atomic mass is 10.1. The molecule has 0 spiro atoms. The van der Waals surface area contributed by atoms with Crippen LogP contribution in [0.5, 0.6) is 0 Å². The van der Waals surface area contributed by atoms with Crippen molar-refractivity contribution in [3.63, 3.8) is 0 Å². The highest BCUT2D eigenvalue weighted by atomic mass is 32.2. The molecule has 2 fully saturated rings. The van der Waals surface area contributed by atoms with Gasteiger partial charge in [0, 0.05) is 73.9 Å². The number of Topliss-reactive ketones (excluding diaryl/α,β-unsaturated/α-hetero) is 1. The zero-order valence-electron chi connectivity index (χ0n) is 26.4. The van der Waals surface area contributed by atoms with E-state index in [1.165, 1.54) is 24.3 Å². The van der Waals surface area contributed by atoms with Crippen molar-refractivity contribution >= 4 is 39.3 Å². The Bertz CT molecular complexity index is 2140. The number of anilines is 3. The van der Waals surface area contributed by atoms with Gasteiger partial charge in [0.15, 0.2) is 17.4 Å². The van der Waals surface area contributed by atoms with E-state index < -0.39 is 10.0 Å². The third-order valence-electron chi connectivity index (χ3n) is 8.37. The van der Waals surface area contributed by atoms with Crippen molar-refractivity contribution in [1.82, 2.24) is 39.2 Å². The first kappa shape index (κ1) is 31.7. The minimum absolute atomic E-state index is 0.0183. The molecule has 1 amide bonds. The highest BCUT2D eigenvalue weighted by molar-refractivity contribution is 7.89. The largest absolute Gasteiger partial charge is 0.337 e. The average Bonchev–Trinajstić information content (AvgIpc) is 3.66. The van der Waals surface area contributed by atoms with E-state index in [9.17, 15) is 18.0 Å². The number of nitrogens with zero attached hydrogens (tertiary/aromatic N) is 8. The quantitative estimate of drug-likeness (QED) is 0.154. The van der Waals surface area contributed by atoms with E-state index in [4.69, 9.17) is 6.42 Å². The van der Waals surface area contributed by atoms with Crippen LogP contribution in [0.4, 0.5) is 17.6 Å². The summed E-state index contributed by atoms with van der Waals surface area (Å²) in [5.74, 6) is 4.25. The van der Waals surface area contributed by atoms with Gasteiger partial charge in [-0.3, -0.25) is 14.7 Å². The number of aromatic nitrogens is 7. The Kier molecular flexibility index (Phi) is 8.62. The molecular weight excluding hydrogens is 645 g/mol. The van der Waals surface area contributed by atoms with Crippen molar-refractivity contribution < 1.29 is 18.0 Å². The van der Waals surface area contributed by atoms with Crippen LogP contribution in [0.25, 0.3) is 11.4 Å². The summed E-state index contributed by atoms with van der Waals surface area (Å²) in [6.07, 6.45) is 9.27. The van der Waals surface area contributed by atoms with Gasteiger partial charge in [0.25, 0.3) is 15.9 Å². The van der Waals surface area contributed by atoms with Crippen LogP contribution in [0, 0.1) is 12.3 Å². The monoisotopic (exact) mass is 676 g/mol. The number of H-pyrrole nitrogens is 1. The number of ketones is 1. The summed E-state index contributed by atoms with van der Waals surface area (Å²) in [4.78, 5) is 43.3. The Labute approximate surface area is 282 Å². The fraction of sp³-hybridized carbons (Fsp3) is 0.265. The van der Waals surface area contributed by atoms with E-state index in [1.807, 2.05) is 29.2 Å². The second-order valence-electron chi connectivity index (χ2n) is 11.8. The molecule has 15 heteroatoms.